The summed E-state index contributed by atoms with van der Waals surface area (Å²) < 4.78 is 0. The molecule has 2 heterocycles. The third kappa shape index (κ3) is 2.36. The Morgan fingerprint density at radius 2 is 2.00 bits per heavy atom. The molecule has 0 aromatic rings. The molecule has 2 rings (SSSR count). The molecule has 2 aliphatic rings. The van der Waals surface area contributed by atoms with Crippen LogP contribution in [0.5, 0.6) is 0 Å². The largest absolute Gasteiger partial charge is 0.480 e. The van der Waals surface area contributed by atoms with Crippen LogP contribution in [0.3, 0.4) is 0 Å². The van der Waals surface area contributed by atoms with Crippen LogP contribution in [0.2, 0.25) is 0 Å². The highest BCUT2D eigenvalue weighted by Gasteiger charge is 2.31. The summed E-state index contributed by atoms with van der Waals surface area (Å²) in [6, 6.07) is 0.397. The number of hydrogen-bond donors (Lipinski definition) is 2. The Bertz CT molecular complexity index is 248. The van der Waals surface area contributed by atoms with Crippen molar-refractivity contribution in [1.29, 1.82) is 0 Å². The van der Waals surface area contributed by atoms with Crippen molar-refractivity contribution in [3.63, 3.8) is 0 Å². The number of aliphatic carboxylic acids is 1. The van der Waals surface area contributed by atoms with Crippen LogP contribution in [0.4, 0.5) is 0 Å². The Labute approximate surface area is 96.4 Å². The zero-order valence-electron chi connectivity index (χ0n) is 9.85. The highest BCUT2D eigenvalue weighted by Crippen LogP contribution is 2.13. The number of hydrogen-bond acceptors (Lipinski definition) is 4. The summed E-state index contributed by atoms with van der Waals surface area (Å²) in [4.78, 5) is 15.6. The van der Waals surface area contributed by atoms with Crippen LogP contribution < -0.4 is 5.32 Å². The lowest BCUT2D eigenvalue weighted by atomic mass is 10.1. The molecular formula is C11H21N3O2. The number of nitrogens with one attached hydrogen (secondary N) is 1. The molecular weight excluding hydrogens is 206 g/mol. The number of carbonyl (C=O) groups is 1. The summed E-state index contributed by atoms with van der Waals surface area (Å²) in [6.45, 7) is 7.93. The van der Waals surface area contributed by atoms with Crippen molar-refractivity contribution < 1.29 is 9.90 Å². The van der Waals surface area contributed by atoms with Crippen molar-refractivity contribution in [3.05, 3.63) is 0 Å². The molecule has 0 amide bonds. The molecule has 2 N–H and O–H groups in total. The Kier molecular flexibility index (Phi) is 3.78. The minimum Gasteiger partial charge on any atom is -0.480 e. The average molecular weight is 227 g/mol. The van der Waals surface area contributed by atoms with E-state index in [9.17, 15) is 4.79 Å². The second-order valence-corrected chi connectivity index (χ2v) is 4.65. The molecule has 0 radical (unpaired) electrons. The molecule has 0 bridgehead atoms. The molecule has 16 heavy (non-hydrogen) atoms. The van der Waals surface area contributed by atoms with Gasteiger partial charge in [0.15, 0.2) is 0 Å². The molecule has 0 saturated carbocycles. The van der Waals surface area contributed by atoms with Crippen LogP contribution >= 0.6 is 0 Å². The first kappa shape index (κ1) is 11.8. The van der Waals surface area contributed by atoms with Crippen molar-refractivity contribution in [2.24, 2.45) is 0 Å². The number of piperazine rings is 1. The fraction of sp³-hybridized carbons (Fsp3) is 0.909. The highest BCUT2D eigenvalue weighted by molar-refractivity contribution is 5.73. The molecule has 2 saturated heterocycles. The maximum Gasteiger partial charge on any atom is 0.320 e. The fourth-order valence-electron chi connectivity index (χ4n) is 2.53. The van der Waals surface area contributed by atoms with Gasteiger partial charge in [-0.25, -0.2) is 0 Å². The summed E-state index contributed by atoms with van der Waals surface area (Å²) >= 11 is 0. The van der Waals surface area contributed by atoms with Crippen molar-refractivity contribution in [1.82, 2.24) is 15.1 Å². The molecule has 0 aliphatic carbocycles. The Hall–Kier alpha value is -0.650. The Morgan fingerprint density at radius 1 is 1.38 bits per heavy atom. The van der Waals surface area contributed by atoms with Crippen LogP contribution in [0.1, 0.15) is 13.3 Å². The van der Waals surface area contributed by atoms with Crippen LogP contribution in [0.25, 0.3) is 0 Å². The van der Waals surface area contributed by atoms with Gasteiger partial charge in [0.2, 0.25) is 0 Å². The average Bonchev–Trinajstić information content (AvgIpc) is 2.18. The molecule has 5 nitrogen and oxygen atoms in total. The third-order valence-electron chi connectivity index (χ3n) is 3.74. The van der Waals surface area contributed by atoms with Gasteiger partial charge in [-0.3, -0.25) is 14.6 Å². The van der Waals surface area contributed by atoms with E-state index < -0.39 is 5.97 Å². The smallest absolute Gasteiger partial charge is 0.320 e. The lowest BCUT2D eigenvalue weighted by molar-refractivity contribution is -0.144. The van der Waals surface area contributed by atoms with E-state index in [1.54, 1.807) is 0 Å². The number of nitrogens with zero attached hydrogens (tertiary/aromatic N) is 2. The van der Waals surface area contributed by atoms with Gasteiger partial charge >= 0.3 is 5.97 Å². The Morgan fingerprint density at radius 3 is 2.38 bits per heavy atom. The minimum absolute atomic E-state index is 0.290. The second kappa shape index (κ2) is 5.12. The van der Waals surface area contributed by atoms with E-state index in [0.717, 1.165) is 39.3 Å². The summed E-state index contributed by atoms with van der Waals surface area (Å²) in [7, 11) is 0. The normalized spacial score (nSPS) is 26.3. The van der Waals surface area contributed by atoms with Crippen molar-refractivity contribution in [2.75, 3.05) is 39.3 Å². The second-order valence-electron chi connectivity index (χ2n) is 4.65. The van der Waals surface area contributed by atoms with Gasteiger partial charge in [0.25, 0.3) is 0 Å². The number of carboxylic acid groups (broad SMARTS) is 1. The lowest BCUT2D eigenvalue weighted by Crippen LogP contribution is -2.62. The number of carboxylic acids is 1. The molecule has 1 atom stereocenters. The Balaban J connectivity index is 1.81. The van der Waals surface area contributed by atoms with E-state index in [0.29, 0.717) is 12.5 Å². The predicted octanol–water partition coefficient (Wildman–Crippen LogP) is -0.561. The van der Waals surface area contributed by atoms with Crippen molar-refractivity contribution in [2.45, 2.75) is 25.4 Å². The molecule has 0 spiro atoms. The van der Waals surface area contributed by atoms with Gasteiger partial charge in [-0.2, -0.15) is 0 Å². The summed E-state index contributed by atoms with van der Waals surface area (Å²) in [5, 5.41) is 12.4. The molecule has 92 valence electrons. The molecule has 1 unspecified atom stereocenters. The minimum atomic E-state index is -0.679. The summed E-state index contributed by atoms with van der Waals surface area (Å²) in [5.74, 6) is -0.679. The first-order valence-corrected chi connectivity index (χ1v) is 6.14. The molecule has 2 aliphatic heterocycles. The van der Waals surface area contributed by atoms with Gasteiger partial charge in [-0.1, -0.05) is 6.92 Å². The third-order valence-corrected chi connectivity index (χ3v) is 3.74. The zero-order valence-corrected chi connectivity index (χ0v) is 9.85. The van der Waals surface area contributed by atoms with E-state index in [-0.39, 0.29) is 6.04 Å². The molecule has 0 aromatic heterocycles. The maximum absolute atomic E-state index is 11.0. The summed E-state index contributed by atoms with van der Waals surface area (Å²) in [6.07, 6.45) is 0.695. The highest BCUT2D eigenvalue weighted by atomic mass is 16.4. The van der Waals surface area contributed by atoms with Gasteiger partial charge < -0.3 is 10.4 Å². The topological polar surface area (TPSA) is 55.8 Å². The standard InChI is InChI=1S/C11H21N3O2/c1-2-10(11(15)16)14-5-3-13(4-6-14)9-7-12-8-9/h9-10,12H,2-8H2,1H3,(H,15,16). The van der Waals surface area contributed by atoms with Gasteiger partial charge in [-0.15, -0.1) is 0 Å². The van der Waals surface area contributed by atoms with E-state index in [1.165, 1.54) is 0 Å². The van der Waals surface area contributed by atoms with E-state index in [4.69, 9.17) is 5.11 Å². The van der Waals surface area contributed by atoms with Crippen LogP contribution in [0, 0.1) is 0 Å². The van der Waals surface area contributed by atoms with Gasteiger partial charge in [0.1, 0.15) is 6.04 Å². The molecule has 5 heteroatoms. The van der Waals surface area contributed by atoms with Gasteiger partial charge in [0, 0.05) is 45.3 Å². The predicted molar refractivity (Wildman–Crippen MR) is 61.5 cm³/mol. The molecule has 2 fully saturated rings. The fourth-order valence-corrected chi connectivity index (χ4v) is 2.53. The van der Waals surface area contributed by atoms with E-state index >= 15 is 0 Å². The van der Waals surface area contributed by atoms with Crippen LogP contribution in [-0.4, -0.2) is 72.2 Å². The van der Waals surface area contributed by atoms with Crippen molar-refractivity contribution >= 4 is 5.97 Å². The van der Waals surface area contributed by atoms with E-state index in [2.05, 4.69) is 15.1 Å². The van der Waals surface area contributed by atoms with Gasteiger partial charge in [-0.05, 0) is 6.42 Å². The number of rotatable bonds is 4. The SMILES string of the molecule is CCC(C(=O)O)N1CCN(C2CNC2)CC1. The van der Waals surface area contributed by atoms with E-state index in [1.807, 2.05) is 6.92 Å². The lowest BCUT2D eigenvalue weighted by Gasteiger charge is -2.44. The van der Waals surface area contributed by atoms with Crippen molar-refractivity contribution in [3.8, 4) is 0 Å². The first-order chi connectivity index (χ1) is 7.72. The first-order valence-electron chi connectivity index (χ1n) is 6.14. The van der Waals surface area contributed by atoms with Gasteiger partial charge in [0.05, 0.1) is 0 Å². The monoisotopic (exact) mass is 227 g/mol. The van der Waals surface area contributed by atoms with Crippen LogP contribution in [0.15, 0.2) is 0 Å². The summed E-state index contributed by atoms with van der Waals surface area (Å²) in [5.41, 5.74) is 0. The molecule has 0 aromatic carbocycles. The van der Waals surface area contributed by atoms with Crippen LogP contribution in [-0.2, 0) is 4.79 Å². The zero-order chi connectivity index (χ0) is 11.5. The quantitative estimate of drug-likeness (QED) is 0.674. The maximum atomic E-state index is 11.0.